The van der Waals surface area contributed by atoms with Gasteiger partial charge in [0.05, 0.1) is 5.02 Å². The van der Waals surface area contributed by atoms with Crippen LogP contribution in [0.2, 0.25) is 5.02 Å². The minimum absolute atomic E-state index is 0.0260. The van der Waals surface area contributed by atoms with Crippen molar-refractivity contribution in [1.82, 2.24) is 4.90 Å². The molecule has 0 radical (unpaired) electrons. The maximum Gasteiger partial charge on any atom is 0.254 e. The van der Waals surface area contributed by atoms with Gasteiger partial charge in [-0.25, -0.2) is 0 Å². The van der Waals surface area contributed by atoms with Crippen molar-refractivity contribution >= 4 is 33.4 Å². The zero-order chi connectivity index (χ0) is 15.2. The lowest BCUT2D eigenvalue weighted by molar-refractivity contribution is 0.0743. The van der Waals surface area contributed by atoms with Crippen molar-refractivity contribution in [2.24, 2.45) is 0 Å². The van der Waals surface area contributed by atoms with E-state index < -0.39 is 0 Å². The zero-order valence-corrected chi connectivity index (χ0v) is 14.2. The Morgan fingerprint density at radius 2 is 1.90 bits per heavy atom. The number of carbonyl (C=O) groups excluding carboxylic acids is 1. The lowest BCUT2D eigenvalue weighted by Gasteiger charge is -2.22. The van der Waals surface area contributed by atoms with E-state index in [2.05, 4.69) is 22.9 Å². The van der Waals surface area contributed by atoms with Crippen LogP contribution in [0.25, 0.3) is 0 Å². The highest BCUT2D eigenvalue weighted by Crippen LogP contribution is 2.24. The van der Waals surface area contributed by atoms with Gasteiger partial charge in [-0.15, -0.1) is 0 Å². The van der Waals surface area contributed by atoms with E-state index in [-0.39, 0.29) is 5.91 Å². The first kappa shape index (κ1) is 16.1. The van der Waals surface area contributed by atoms with Gasteiger partial charge in [0.2, 0.25) is 0 Å². The van der Waals surface area contributed by atoms with Crippen molar-refractivity contribution in [3.05, 3.63) is 69.2 Å². The van der Waals surface area contributed by atoms with Crippen LogP contribution in [0.3, 0.4) is 0 Å². The average molecular weight is 367 g/mol. The summed E-state index contributed by atoms with van der Waals surface area (Å²) < 4.78 is 0.742. The Bertz CT molecular complexity index is 615. The Morgan fingerprint density at radius 1 is 1.19 bits per heavy atom. The van der Waals surface area contributed by atoms with Gasteiger partial charge in [0, 0.05) is 23.1 Å². The highest BCUT2D eigenvalue weighted by Gasteiger charge is 2.16. The van der Waals surface area contributed by atoms with E-state index in [0.29, 0.717) is 17.1 Å². The molecule has 0 aromatic heterocycles. The predicted octanol–water partition coefficient (Wildman–Crippen LogP) is 5.15. The molecule has 0 unspecified atom stereocenters. The number of nitrogens with zero attached hydrogens (tertiary/aromatic N) is 1. The zero-order valence-electron chi connectivity index (χ0n) is 11.9. The fraction of sp³-hybridized carbons (Fsp3) is 0.235. The monoisotopic (exact) mass is 365 g/mol. The van der Waals surface area contributed by atoms with Gasteiger partial charge in [-0.2, -0.15) is 0 Å². The fourth-order valence-electron chi connectivity index (χ4n) is 2.14. The first-order valence-corrected chi connectivity index (χ1v) is 8.07. The Morgan fingerprint density at radius 3 is 2.52 bits per heavy atom. The molecule has 0 fully saturated rings. The van der Waals surface area contributed by atoms with Crippen molar-refractivity contribution in [3.8, 4) is 0 Å². The first-order valence-electron chi connectivity index (χ1n) is 6.90. The molecule has 0 atom stereocenters. The molecule has 4 heteroatoms. The average Bonchev–Trinajstić information content (AvgIpc) is 2.50. The standard InChI is InChI=1S/C17H17BrClNO/c1-2-10-20(12-13-6-4-3-5-7-13)17(21)14-8-9-16(19)15(18)11-14/h3-9,11H,2,10,12H2,1H3. The summed E-state index contributed by atoms with van der Waals surface area (Å²) in [5.74, 6) is 0.0260. The van der Waals surface area contributed by atoms with Crippen LogP contribution in [0, 0.1) is 0 Å². The molecule has 0 aliphatic carbocycles. The van der Waals surface area contributed by atoms with Crippen LogP contribution in [0.5, 0.6) is 0 Å². The summed E-state index contributed by atoms with van der Waals surface area (Å²) in [5, 5.41) is 0.608. The smallest absolute Gasteiger partial charge is 0.254 e. The van der Waals surface area contributed by atoms with Crippen LogP contribution in [0.15, 0.2) is 53.0 Å². The van der Waals surface area contributed by atoms with Crippen LogP contribution in [-0.2, 0) is 6.54 Å². The summed E-state index contributed by atoms with van der Waals surface area (Å²) in [6.07, 6.45) is 0.924. The summed E-state index contributed by atoms with van der Waals surface area (Å²) in [4.78, 5) is 14.5. The van der Waals surface area contributed by atoms with E-state index in [0.717, 1.165) is 23.0 Å². The van der Waals surface area contributed by atoms with Crippen molar-refractivity contribution in [1.29, 1.82) is 0 Å². The molecule has 0 N–H and O–H groups in total. The third-order valence-corrected chi connectivity index (χ3v) is 4.38. The predicted molar refractivity (Wildman–Crippen MR) is 90.6 cm³/mol. The molecular weight excluding hydrogens is 350 g/mol. The third-order valence-electron chi connectivity index (χ3n) is 3.16. The third kappa shape index (κ3) is 4.32. The van der Waals surface area contributed by atoms with Gasteiger partial charge in [-0.1, -0.05) is 48.9 Å². The van der Waals surface area contributed by atoms with E-state index in [1.807, 2.05) is 35.2 Å². The van der Waals surface area contributed by atoms with E-state index in [1.165, 1.54) is 0 Å². The van der Waals surface area contributed by atoms with Gasteiger partial charge in [0.15, 0.2) is 0 Å². The molecule has 0 saturated heterocycles. The number of amides is 1. The molecule has 2 rings (SSSR count). The molecule has 2 nitrogen and oxygen atoms in total. The Hall–Kier alpha value is -1.32. The van der Waals surface area contributed by atoms with E-state index in [4.69, 9.17) is 11.6 Å². The van der Waals surface area contributed by atoms with E-state index in [9.17, 15) is 4.79 Å². The van der Waals surface area contributed by atoms with Crippen molar-refractivity contribution < 1.29 is 4.79 Å². The van der Waals surface area contributed by atoms with Gasteiger partial charge in [0.1, 0.15) is 0 Å². The minimum Gasteiger partial charge on any atom is -0.334 e. The lowest BCUT2D eigenvalue weighted by atomic mass is 10.1. The van der Waals surface area contributed by atoms with Crippen LogP contribution in [0.4, 0.5) is 0 Å². The van der Waals surface area contributed by atoms with Crippen LogP contribution >= 0.6 is 27.5 Å². The number of rotatable bonds is 5. The maximum absolute atomic E-state index is 12.7. The van der Waals surface area contributed by atoms with Gasteiger partial charge in [0.25, 0.3) is 5.91 Å². The Kier molecular flexibility index (Phi) is 5.83. The van der Waals surface area contributed by atoms with Gasteiger partial charge in [-0.3, -0.25) is 4.79 Å². The molecule has 110 valence electrons. The van der Waals surface area contributed by atoms with Gasteiger partial charge >= 0.3 is 0 Å². The summed E-state index contributed by atoms with van der Waals surface area (Å²) in [6.45, 7) is 3.42. The Labute approximate surface area is 138 Å². The molecule has 0 bridgehead atoms. The molecule has 1 amide bonds. The molecule has 0 saturated carbocycles. The minimum atomic E-state index is 0.0260. The SMILES string of the molecule is CCCN(Cc1ccccc1)C(=O)c1ccc(Cl)c(Br)c1. The highest BCUT2D eigenvalue weighted by molar-refractivity contribution is 9.10. The fourth-order valence-corrected chi connectivity index (χ4v) is 2.63. The molecule has 21 heavy (non-hydrogen) atoms. The largest absolute Gasteiger partial charge is 0.334 e. The Balaban J connectivity index is 2.20. The van der Waals surface area contributed by atoms with Gasteiger partial charge < -0.3 is 4.90 Å². The normalized spacial score (nSPS) is 10.4. The highest BCUT2D eigenvalue weighted by atomic mass is 79.9. The topological polar surface area (TPSA) is 20.3 Å². The molecule has 0 aliphatic heterocycles. The summed E-state index contributed by atoms with van der Waals surface area (Å²) >= 11 is 9.35. The second kappa shape index (κ2) is 7.62. The van der Waals surface area contributed by atoms with Crippen LogP contribution in [-0.4, -0.2) is 17.4 Å². The quantitative estimate of drug-likeness (QED) is 0.716. The number of halogens is 2. The number of hydrogen-bond donors (Lipinski definition) is 0. The van der Waals surface area contributed by atoms with Crippen LogP contribution in [0.1, 0.15) is 29.3 Å². The molecule has 0 aliphatic rings. The lowest BCUT2D eigenvalue weighted by Crippen LogP contribution is -2.31. The second-order valence-corrected chi connectivity index (χ2v) is 6.10. The van der Waals surface area contributed by atoms with Crippen molar-refractivity contribution in [3.63, 3.8) is 0 Å². The van der Waals surface area contributed by atoms with E-state index in [1.54, 1.807) is 18.2 Å². The number of carbonyl (C=O) groups is 1. The van der Waals surface area contributed by atoms with Crippen LogP contribution < -0.4 is 0 Å². The van der Waals surface area contributed by atoms with Crippen molar-refractivity contribution in [2.75, 3.05) is 6.54 Å². The number of hydrogen-bond acceptors (Lipinski definition) is 1. The summed E-state index contributed by atoms with van der Waals surface area (Å²) in [7, 11) is 0. The first-order chi connectivity index (χ1) is 10.1. The van der Waals surface area contributed by atoms with E-state index >= 15 is 0 Å². The van der Waals surface area contributed by atoms with Gasteiger partial charge in [-0.05, 0) is 46.1 Å². The van der Waals surface area contributed by atoms with Crippen molar-refractivity contribution in [2.45, 2.75) is 19.9 Å². The summed E-state index contributed by atoms with van der Waals surface area (Å²) in [6, 6.07) is 15.3. The molecule has 0 spiro atoms. The number of benzene rings is 2. The summed E-state index contributed by atoms with van der Waals surface area (Å²) in [5.41, 5.74) is 1.78. The maximum atomic E-state index is 12.7. The molecular formula is C17H17BrClNO. The molecule has 2 aromatic rings. The second-order valence-electron chi connectivity index (χ2n) is 4.84. The molecule has 0 heterocycles. The molecule has 2 aromatic carbocycles.